The number of nitrogens with zero attached hydrogens (tertiary/aromatic N) is 2. The maximum Gasteiger partial charge on any atom is 0.238 e. The molecule has 0 aliphatic heterocycles. The molecule has 1 aromatic carbocycles. The van der Waals surface area contributed by atoms with Gasteiger partial charge in [0.15, 0.2) is 5.15 Å². The second kappa shape index (κ2) is 6.80. The fraction of sp³-hybridized carbons (Fsp3) is 0.167. The van der Waals surface area contributed by atoms with Gasteiger partial charge in [0.2, 0.25) is 5.88 Å². The summed E-state index contributed by atoms with van der Waals surface area (Å²) in [5.74, 6) is 1.16. The summed E-state index contributed by atoms with van der Waals surface area (Å²) in [4.78, 5) is 0. The van der Waals surface area contributed by atoms with E-state index < -0.39 is 0 Å². The number of halogens is 1. The first-order valence-corrected chi connectivity index (χ1v) is 5.44. The van der Waals surface area contributed by atoms with Crippen molar-refractivity contribution in [2.45, 2.75) is 13.8 Å². The number of ether oxygens (including phenoxy) is 1. The Morgan fingerprint density at radius 1 is 0.938 bits per heavy atom. The molecular formula is C12H13ClN2O. The first-order chi connectivity index (χ1) is 7.84. The first kappa shape index (κ1) is 12.5. The van der Waals surface area contributed by atoms with Gasteiger partial charge in [-0.25, -0.2) is 0 Å². The van der Waals surface area contributed by atoms with Crippen LogP contribution in [0.25, 0.3) is 0 Å². The molecule has 2 rings (SSSR count). The Morgan fingerprint density at radius 3 is 2.19 bits per heavy atom. The maximum absolute atomic E-state index is 5.59. The van der Waals surface area contributed by atoms with E-state index in [2.05, 4.69) is 10.2 Å². The van der Waals surface area contributed by atoms with E-state index in [4.69, 9.17) is 16.3 Å². The lowest BCUT2D eigenvalue weighted by molar-refractivity contribution is 0.455. The minimum Gasteiger partial charge on any atom is -0.438 e. The number of rotatable bonds is 2. The molecule has 0 atom stereocenters. The Bertz CT molecular complexity index is 403. The molecule has 0 N–H and O–H groups in total. The average Bonchev–Trinajstić information content (AvgIpc) is 2.36. The van der Waals surface area contributed by atoms with Gasteiger partial charge in [0, 0.05) is 6.07 Å². The van der Waals surface area contributed by atoms with E-state index in [9.17, 15) is 0 Å². The Kier molecular flexibility index (Phi) is 5.29. The molecular weight excluding hydrogens is 224 g/mol. The van der Waals surface area contributed by atoms with Gasteiger partial charge in [0.05, 0.1) is 0 Å². The minimum absolute atomic E-state index is 0.352. The Labute approximate surface area is 100 Å². The van der Waals surface area contributed by atoms with Gasteiger partial charge in [-0.1, -0.05) is 43.6 Å². The van der Waals surface area contributed by atoms with Gasteiger partial charge in [-0.3, -0.25) is 0 Å². The summed E-state index contributed by atoms with van der Waals surface area (Å²) in [5, 5.41) is 7.79. The fourth-order valence-corrected chi connectivity index (χ4v) is 1.07. The van der Waals surface area contributed by atoms with Crippen molar-refractivity contribution in [3.63, 3.8) is 0 Å². The van der Waals surface area contributed by atoms with Crippen LogP contribution < -0.4 is 4.74 Å². The molecule has 0 saturated heterocycles. The SMILES string of the molecule is CC.Clc1ccc(Oc2ccccc2)nn1. The molecule has 1 aromatic heterocycles. The van der Waals surface area contributed by atoms with Crippen LogP contribution in [-0.4, -0.2) is 10.2 Å². The highest BCUT2D eigenvalue weighted by Gasteiger charge is 1.97. The molecule has 0 saturated carbocycles. The molecule has 0 spiro atoms. The molecule has 1 heterocycles. The van der Waals surface area contributed by atoms with E-state index in [1.165, 1.54) is 0 Å². The zero-order valence-corrected chi connectivity index (χ0v) is 9.98. The summed E-state index contributed by atoms with van der Waals surface area (Å²) >= 11 is 5.59. The number of para-hydroxylation sites is 1. The summed E-state index contributed by atoms with van der Waals surface area (Å²) < 4.78 is 5.40. The third-order valence-corrected chi connectivity index (χ3v) is 1.77. The number of hydrogen-bond acceptors (Lipinski definition) is 3. The molecule has 3 nitrogen and oxygen atoms in total. The lowest BCUT2D eigenvalue weighted by atomic mass is 10.3. The van der Waals surface area contributed by atoms with Gasteiger partial charge >= 0.3 is 0 Å². The van der Waals surface area contributed by atoms with Crippen LogP contribution in [0.5, 0.6) is 11.6 Å². The van der Waals surface area contributed by atoms with E-state index in [0.29, 0.717) is 11.0 Å². The van der Waals surface area contributed by atoms with Crippen molar-refractivity contribution in [2.24, 2.45) is 0 Å². The molecule has 84 valence electrons. The fourth-order valence-electron chi connectivity index (χ4n) is 0.967. The zero-order valence-electron chi connectivity index (χ0n) is 9.22. The molecule has 0 unspecified atom stereocenters. The minimum atomic E-state index is 0.352. The van der Waals surface area contributed by atoms with Crippen LogP contribution >= 0.6 is 11.6 Å². The molecule has 16 heavy (non-hydrogen) atoms. The Balaban J connectivity index is 0.000000606. The van der Waals surface area contributed by atoms with Gasteiger partial charge in [-0.2, -0.15) is 0 Å². The van der Waals surface area contributed by atoms with Gasteiger partial charge < -0.3 is 4.74 Å². The van der Waals surface area contributed by atoms with Crippen LogP contribution in [0.1, 0.15) is 13.8 Å². The molecule has 0 amide bonds. The summed E-state index contributed by atoms with van der Waals surface area (Å²) in [6.07, 6.45) is 0. The second-order valence-corrected chi connectivity index (χ2v) is 3.00. The average molecular weight is 237 g/mol. The standard InChI is InChI=1S/C10H7ClN2O.C2H6/c11-9-6-7-10(13-12-9)14-8-4-2-1-3-5-8;1-2/h1-7H;1-2H3. The number of aromatic nitrogens is 2. The van der Waals surface area contributed by atoms with Crippen molar-refractivity contribution in [2.75, 3.05) is 0 Å². The van der Waals surface area contributed by atoms with Gasteiger partial charge in [-0.15, -0.1) is 10.2 Å². The van der Waals surface area contributed by atoms with E-state index in [-0.39, 0.29) is 0 Å². The van der Waals surface area contributed by atoms with Gasteiger partial charge in [-0.05, 0) is 18.2 Å². The molecule has 0 bridgehead atoms. The van der Waals surface area contributed by atoms with Crippen molar-refractivity contribution in [1.82, 2.24) is 10.2 Å². The highest BCUT2D eigenvalue weighted by atomic mass is 35.5. The van der Waals surface area contributed by atoms with Crippen molar-refractivity contribution >= 4 is 11.6 Å². The van der Waals surface area contributed by atoms with Crippen LogP contribution in [0.2, 0.25) is 5.15 Å². The lowest BCUT2D eigenvalue weighted by Crippen LogP contribution is -1.89. The summed E-state index contributed by atoms with van der Waals surface area (Å²) in [6.45, 7) is 4.00. The van der Waals surface area contributed by atoms with E-state index in [1.807, 2.05) is 44.2 Å². The predicted octanol–water partition coefficient (Wildman–Crippen LogP) is 3.95. The molecule has 0 radical (unpaired) electrons. The van der Waals surface area contributed by atoms with Crippen molar-refractivity contribution in [3.05, 3.63) is 47.6 Å². The normalized spacial score (nSPS) is 8.94. The van der Waals surface area contributed by atoms with Gasteiger partial charge in [0.1, 0.15) is 5.75 Å². The maximum atomic E-state index is 5.59. The van der Waals surface area contributed by atoms with E-state index in [1.54, 1.807) is 12.1 Å². The molecule has 4 heteroatoms. The number of hydrogen-bond donors (Lipinski definition) is 0. The predicted molar refractivity (Wildman–Crippen MR) is 64.9 cm³/mol. The molecule has 2 aromatic rings. The Hall–Kier alpha value is -1.61. The van der Waals surface area contributed by atoms with E-state index >= 15 is 0 Å². The number of benzene rings is 1. The van der Waals surface area contributed by atoms with Crippen LogP contribution in [-0.2, 0) is 0 Å². The van der Waals surface area contributed by atoms with Crippen molar-refractivity contribution < 1.29 is 4.74 Å². The van der Waals surface area contributed by atoms with Crippen molar-refractivity contribution in [1.29, 1.82) is 0 Å². The molecule has 0 fully saturated rings. The van der Waals surface area contributed by atoms with Crippen molar-refractivity contribution in [3.8, 4) is 11.6 Å². The summed E-state index contributed by atoms with van der Waals surface area (Å²) in [7, 11) is 0. The summed E-state index contributed by atoms with van der Waals surface area (Å²) in [6, 6.07) is 12.7. The highest BCUT2D eigenvalue weighted by Crippen LogP contribution is 2.18. The van der Waals surface area contributed by atoms with E-state index in [0.717, 1.165) is 5.75 Å². The largest absolute Gasteiger partial charge is 0.438 e. The lowest BCUT2D eigenvalue weighted by Gasteiger charge is -2.02. The highest BCUT2D eigenvalue weighted by molar-refractivity contribution is 6.29. The monoisotopic (exact) mass is 236 g/mol. The second-order valence-electron chi connectivity index (χ2n) is 2.61. The first-order valence-electron chi connectivity index (χ1n) is 5.07. The molecule has 0 aliphatic carbocycles. The van der Waals surface area contributed by atoms with Crippen LogP contribution in [0.4, 0.5) is 0 Å². The third-order valence-electron chi connectivity index (χ3n) is 1.57. The zero-order chi connectivity index (χ0) is 11.8. The molecule has 0 aliphatic rings. The smallest absolute Gasteiger partial charge is 0.238 e. The van der Waals surface area contributed by atoms with Gasteiger partial charge in [0.25, 0.3) is 0 Å². The quantitative estimate of drug-likeness (QED) is 0.792. The van der Waals surface area contributed by atoms with Crippen LogP contribution in [0, 0.1) is 0 Å². The van der Waals surface area contributed by atoms with Crippen LogP contribution in [0.3, 0.4) is 0 Å². The van der Waals surface area contributed by atoms with Crippen LogP contribution in [0.15, 0.2) is 42.5 Å². The third kappa shape index (κ3) is 3.87. The topological polar surface area (TPSA) is 35.0 Å². The summed E-state index contributed by atoms with van der Waals surface area (Å²) in [5.41, 5.74) is 0. The Morgan fingerprint density at radius 2 is 1.62 bits per heavy atom.